The van der Waals surface area contributed by atoms with Crippen LogP contribution in [0.15, 0.2) is 24.3 Å². The van der Waals surface area contributed by atoms with E-state index in [0.29, 0.717) is 0 Å². The molecule has 0 aliphatic rings. The average molecular weight is 372 g/mol. The van der Waals surface area contributed by atoms with E-state index in [9.17, 15) is 19.2 Å². The van der Waals surface area contributed by atoms with Gasteiger partial charge in [-0.05, 0) is 56.1 Å². The Hall–Kier alpha value is -2.32. The van der Waals surface area contributed by atoms with Gasteiger partial charge in [-0.1, -0.05) is 13.2 Å². The molecule has 0 aliphatic heterocycles. The van der Waals surface area contributed by atoms with Gasteiger partial charge in [0.1, 0.15) is 0 Å². The van der Waals surface area contributed by atoms with E-state index in [-0.39, 0.29) is 24.0 Å². The first-order valence-electron chi connectivity index (χ1n) is 7.73. The molecule has 150 valence electrons. The van der Waals surface area contributed by atoms with Crippen LogP contribution in [0.5, 0.6) is 0 Å². The molecule has 0 atom stereocenters. The Kier molecular flexibility index (Phi) is 17.7. The largest absolute Gasteiger partial charge is 0.390 e. The van der Waals surface area contributed by atoms with Crippen molar-refractivity contribution < 1.29 is 28.7 Å². The summed E-state index contributed by atoms with van der Waals surface area (Å²) in [7, 11) is 12.0. The molecule has 0 spiro atoms. The maximum absolute atomic E-state index is 11.1. The van der Waals surface area contributed by atoms with Gasteiger partial charge in [-0.15, -0.1) is 0 Å². The van der Waals surface area contributed by atoms with Crippen LogP contribution in [0.4, 0.5) is 0 Å². The highest BCUT2D eigenvalue weighted by atomic mass is 16.6. The number of esters is 4. The summed E-state index contributed by atoms with van der Waals surface area (Å²) in [6, 6.07) is 0. The predicted octanol–water partition coefficient (Wildman–Crippen LogP) is 1.41. The molecule has 0 unspecified atom stereocenters. The molecular weight excluding hydrogens is 340 g/mol. The summed E-state index contributed by atoms with van der Waals surface area (Å²) in [5.74, 6) is -3.48. The Morgan fingerprint density at radius 1 is 0.654 bits per heavy atom. The van der Waals surface area contributed by atoms with Crippen molar-refractivity contribution >= 4 is 23.9 Å². The van der Waals surface area contributed by atoms with E-state index >= 15 is 0 Å². The SMILES string of the molecule is C=C(C)C(=O)OC(=O)CCC(=O)OC(=O)C(=C)C.CN(C)C.CN(C)C. The van der Waals surface area contributed by atoms with Gasteiger partial charge in [0.15, 0.2) is 0 Å². The smallest absolute Gasteiger partial charge is 0.340 e. The molecule has 0 saturated carbocycles. The van der Waals surface area contributed by atoms with Crippen LogP contribution in [0, 0.1) is 0 Å². The Balaban J connectivity index is -0.000000551. The van der Waals surface area contributed by atoms with Crippen LogP contribution >= 0.6 is 0 Å². The standard InChI is InChI=1S/C12H14O6.2C3H9N/c1-7(2)11(15)17-9(13)5-6-10(14)18-12(16)8(3)4;2*1-4(2)3/h1,3,5-6H2,2,4H3;2*1-3H3. The van der Waals surface area contributed by atoms with Gasteiger partial charge >= 0.3 is 23.9 Å². The number of nitrogens with zero attached hydrogens (tertiary/aromatic N) is 2. The quantitative estimate of drug-likeness (QED) is 0.406. The number of carbonyl (C=O) groups is 4. The highest BCUT2D eigenvalue weighted by molar-refractivity contribution is 5.97. The fourth-order valence-electron chi connectivity index (χ4n) is 0.687. The summed E-state index contributed by atoms with van der Waals surface area (Å²) >= 11 is 0. The molecule has 0 fully saturated rings. The highest BCUT2D eigenvalue weighted by Crippen LogP contribution is 2.01. The minimum atomic E-state index is -0.886. The first-order valence-corrected chi connectivity index (χ1v) is 7.73. The molecule has 0 aliphatic carbocycles. The normalized spacial score (nSPS) is 9.15. The summed E-state index contributed by atoms with van der Waals surface area (Å²) in [4.78, 5) is 48.1. The summed E-state index contributed by atoms with van der Waals surface area (Å²) in [6.45, 7) is 9.35. The monoisotopic (exact) mass is 372 g/mol. The van der Waals surface area contributed by atoms with Crippen LogP contribution in [0.25, 0.3) is 0 Å². The third kappa shape index (κ3) is 26.6. The second-order valence-electron chi connectivity index (χ2n) is 6.27. The van der Waals surface area contributed by atoms with Crippen molar-refractivity contribution in [2.45, 2.75) is 26.7 Å². The number of hydrogen-bond donors (Lipinski definition) is 0. The van der Waals surface area contributed by atoms with E-state index in [1.54, 1.807) is 0 Å². The van der Waals surface area contributed by atoms with Gasteiger partial charge in [-0.25, -0.2) is 9.59 Å². The average Bonchev–Trinajstić information content (AvgIpc) is 2.43. The van der Waals surface area contributed by atoms with E-state index in [1.165, 1.54) is 13.8 Å². The van der Waals surface area contributed by atoms with Gasteiger partial charge in [0.2, 0.25) is 0 Å². The lowest BCUT2D eigenvalue weighted by Gasteiger charge is -2.03. The Morgan fingerprint density at radius 3 is 1.00 bits per heavy atom. The zero-order valence-electron chi connectivity index (χ0n) is 17.2. The maximum Gasteiger partial charge on any atom is 0.340 e. The first-order chi connectivity index (χ1) is 11.7. The van der Waals surface area contributed by atoms with Gasteiger partial charge < -0.3 is 19.3 Å². The van der Waals surface area contributed by atoms with Crippen molar-refractivity contribution in [3.63, 3.8) is 0 Å². The fraction of sp³-hybridized carbons (Fsp3) is 0.556. The van der Waals surface area contributed by atoms with Crippen molar-refractivity contribution in [2.75, 3.05) is 42.3 Å². The van der Waals surface area contributed by atoms with Crippen LogP contribution in [0.1, 0.15) is 26.7 Å². The lowest BCUT2D eigenvalue weighted by atomic mass is 10.3. The summed E-state index contributed by atoms with van der Waals surface area (Å²) in [5.41, 5.74) is 0.145. The second-order valence-corrected chi connectivity index (χ2v) is 6.27. The van der Waals surface area contributed by atoms with E-state index < -0.39 is 23.9 Å². The molecular formula is C18H32N2O6. The maximum atomic E-state index is 11.1. The Bertz CT molecular complexity index is 458. The summed E-state index contributed by atoms with van der Waals surface area (Å²) < 4.78 is 8.65. The van der Waals surface area contributed by atoms with E-state index in [1.807, 2.05) is 52.1 Å². The number of carbonyl (C=O) groups excluding carboxylic acids is 4. The zero-order chi connectivity index (χ0) is 21.4. The van der Waals surface area contributed by atoms with Gasteiger partial charge in [0, 0.05) is 11.1 Å². The van der Waals surface area contributed by atoms with Crippen LogP contribution in [-0.2, 0) is 28.7 Å². The highest BCUT2D eigenvalue weighted by Gasteiger charge is 2.16. The van der Waals surface area contributed by atoms with Crippen molar-refractivity contribution in [3.8, 4) is 0 Å². The van der Waals surface area contributed by atoms with Crippen molar-refractivity contribution in [2.24, 2.45) is 0 Å². The molecule has 0 aromatic carbocycles. The van der Waals surface area contributed by atoms with E-state index in [0.717, 1.165) is 0 Å². The summed E-state index contributed by atoms with van der Waals surface area (Å²) in [6.07, 6.45) is -0.720. The van der Waals surface area contributed by atoms with Gasteiger partial charge in [-0.3, -0.25) is 9.59 Å². The molecule has 0 N–H and O–H groups in total. The minimum absolute atomic E-state index is 0.0726. The van der Waals surface area contributed by atoms with Gasteiger partial charge in [0.05, 0.1) is 12.8 Å². The molecule has 0 aromatic rings. The van der Waals surface area contributed by atoms with E-state index in [2.05, 4.69) is 22.6 Å². The molecule has 0 amide bonds. The molecule has 0 radical (unpaired) electrons. The number of rotatable bonds is 5. The zero-order valence-corrected chi connectivity index (χ0v) is 17.2. The molecule has 8 nitrogen and oxygen atoms in total. The summed E-state index contributed by atoms with van der Waals surface area (Å²) in [5, 5.41) is 0. The second kappa shape index (κ2) is 16.2. The topological polar surface area (TPSA) is 93.2 Å². The predicted molar refractivity (Wildman–Crippen MR) is 100 cm³/mol. The third-order valence-corrected chi connectivity index (χ3v) is 1.64. The lowest BCUT2D eigenvalue weighted by Crippen LogP contribution is -2.17. The molecule has 0 rings (SSSR count). The number of hydrogen-bond acceptors (Lipinski definition) is 8. The molecule has 0 bridgehead atoms. The van der Waals surface area contributed by atoms with Gasteiger partial charge in [-0.2, -0.15) is 0 Å². The van der Waals surface area contributed by atoms with Gasteiger partial charge in [0.25, 0.3) is 0 Å². The molecule has 8 heteroatoms. The van der Waals surface area contributed by atoms with Crippen molar-refractivity contribution in [1.29, 1.82) is 0 Å². The van der Waals surface area contributed by atoms with E-state index in [4.69, 9.17) is 0 Å². The fourth-order valence-corrected chi connectivity index (χ4v) is 0.687. The van der Waals surface area contributed by atoms with Crippen molar-refractivity contribution in [3.05, 3.63) is 24.3 Å². The van der Waals surface area contributed by atoms with Crippen LogP contribution in [0.3, 0.4) is 0 Å². The third-order valence-electron chi connectivity index (χ3n) is 1.64. The lowest BCUT2D eigenvalue weighted by molar-refractivity contribution is -0.162. The van der Waals surface area contributed by atoms with Crippen LogP contribution < -0.4 is 0 Å². The van der Waals surface area contributed by atoms with Crippen molar-refractivity contribution in [1.82, 2.24) is 9.80 Å². The number of ether oxygens (including phenoxy) is 2. The van der Waals surface area contributed by atoms with Crippen LogP contribution in [-0.4, -0.2) is 76.0 Å². The molecule has 0 heterocycles. The molecule has 0 saturated heterocycles. The molecule has 0 aromatic heterocycles. The molecule has 26 heavy (non-hydrogen) atoms. The minimum Gasteiger partial charge on any atom is -0.390 e. The van der Waals surface area contributed by atoms with Crippen LogP contribution in [0.2, 0.25) is 0 Å². The Labute approximate surface area is 156 Å². The first kappa shape index (κ1) is 28.5. The Morgan fingerprint density at radius 2 is 0.846 bits per heavy atom.